The Bertz CT molecular complexity index is 940. The molecule has 140 valence electrons. The first-order valence-electron chi connectivity index (χ1n) is 7.64. The summed E-state index contributed by atoms with van der Waals surface area (Å²) in [6.07, 6.45) is 3.26. The van der Waals surface area contributed by atoms with Crippen molar-refractivity contribution in [3.8, 4) is 17.0 Å². The number of nitrogens with one attached hydrogen (secondary N) is 3. The molecule has 4 N–H and O–H groups in total. The number of H-pyrrole nitrogens is 1. The van der Waals surface area contributed by atoms with Gasteiger partial charge in [0.15, 0.2) is 11.7 Å². The van der Waals surface area contributed by atoms with Gasteiger partial charge in [0.25, 0.3) is 0 Å². The van der Waals surface area contributed by atoms with Gasteiger partial charge in [-0.25, -0.2) is 19.6 Å². The third-order valence-electron chi connectivity index (χ3n) is 3.27. The lowest BCUT2D eigenvalue weighted by Crippen LogP contribution is -2.28. The van der Waals surface area contributed by atoms with Gasteiger partial charge in [0.05, 0.1) is 28.4 Å². The number of rotatable bonds is 7. The lowest BCUT2D eigenvalue weighted by molar-refractivity contribution is -0.139. The molecule has 0 unspecified atom stereocenters. The summed E-state index contributed by atoms with van der Waals surface area (Å²) in [7, 11) is 0. The molecular weight excluding hydrogens is 438 g/mol. The van der Waals surface area contributed by atoms with Gasteiger partial charge in [-0.2, -0.15) is 0 Å². The largest absolute Gasteiger partial charge is 0.482 e. The van der Waals surface area contributed by atoms with E-state index in [1.807, 2.05) is 0 Å². The van der Waals surface area contributed by atoms with Crippen molar-refractivity contribution in [3.63, 3.8) is 0 Å². The number of halogens is 1. The van der Waals surface area contributed by atoms with Gasteiger partial charge < -0.3 is 20.1 Å². The molecule has 9 nitrogen and oxygen atoms in total. The molecule has 0 aliphatic heterocycles. The minimum atomic E-state index is -1.03. The summed E-state index contributed by atoms with van der Waals surface area (Å²) < 4.78 is 5.92. The summed E-state index contributed by atoms with van der Waals surface area (Å²) in [6.45, 7) is -0.169. The molecule has 27 heavy (non-hydrogen) atoms. The summed E-state index contributed by atoms with van der Waals surface area (Å²) in [5.74, 6) is 0.0241. The quantitative estimate of drug-likeness (QED) is 0.436. The highest BCUT2D eigenvalue weighted by Gasteiger charge is 2.08. The summed E-state index contributed by atoms with van der Waals surface area (Å²) in [5.41, 5.74) is 1.62. The van der Waals surface area contributed by atoms with Crippen LogP contribution in [0.4, 0.5) is 9.93 Å². The number of carbonyl (C=O) groups excluding carboxylic acids is 1. The molecule has 11 heteroatoms. The predicted octanol–water partition coefficient (Wildman–Crippen LogP) is 3.08. The number of nitrogens with zero attached hydrogens (tertiary/aromatic N) is 2. The molecule has 3 rings (SSSR count). The number of ether oxygens (including phenoxy) is 1. The molecule has 0 aliphatic rings. The Balaban J connectivity index is 1.53. The topological polar surface area (TPSA) is 129 Å². The standard InChI is InChI=1S/C16H14BrN5O4S/c17-12-6-20-16(27-12)22-15(25)19-7-13-18-5-11(21-13)9-1-3-10(4-2-9)26-8-14(23)24/h1-6H,7-8H2,(H,18,21)(H,23,24)(H2,19,20,22,25). The van der Waals surface area contributed by atoms with Gasteiger partial charge in [-0.15, -0.1) is 0 Å². The molecule has 0 saturated carbocycles. The van der Waals surface area contributed by atoms with Gasteiger partial charge in [-0.1, -0.05) is 11.3 Å². The van der Waals surface area contributed by atoms with Gasteiger partial charge in [0.1, 0.15) is 11.6 Å². The number of carboxylic acids is 1. The number of imidazole rings is 1. The zero-order valence-electron chi connectivity index (χ0n) is 13.7. The Kier molecular flexibility index (Phi) is 6.04. The van der Waals surface area contributed by atoms with Crippen LogP contribution in [0, 0.1) is 0 Å². The molecule has 2 heterocycles. The first kappa shape index (κ1) is 18.9. The van der Waals surface area contributed by atoms with Crippen LogP contribution in [-0.4, -0.2) is 38.7 Å². The van der Waals surface area contributed by atoms with E-state index in [0.717, 1.165) is 15.0 Å². The maximum Gasteiger partial charge on any atom is 0.341 e. The van der Waals surface area contributed by atoms with Crippen LogP contribution in [0.5, 0.6) is 5.75 Å². The molecule has 0 aliphatic carbocycles. The van der Waals surface area contributed by atoms with Crippen LogP contribution in [0.15, 0.2) is 40.4 Å². The first-order valence-corrected chi connectivity index (χ1v) is 9.25. The Labute approximate surface area is 165 Å². The highest BCUT2D eigenvalue weighted by Crippen LogP contribution is 2.23. The molecule has 0 radical (unpaired) electrons. The SMILES string of the molecule is O=C(O)COc1ccc(-c2cnc(CNC(=O)Nc3ncc(Br)s3)[nH]2)cc1. The number of thiazole rings is 1. The number of urea groups is 1. The van der Waals surface area contributed by atoms with Crippen molar-refractivity contribution in [2.75, 3.05) is 11.9 Å². The zero-order chi connectivity index (χ0) is 19.2. The molecule has 0 spiro atoms. The number of aromatic amines is 1. The van der Waals surface area contributed by atoms with Gasteiger partial charge in [-0.05, 0) is 45.8 Å². The number of amides is 2. The third kappa shape index (κ3) is 5.53. The number of aromatic nitrogens is 3. The smallest absolute Gasteiger partial charge is 0.341 e. The fourth-order valence-corrected chi connectivity index (χ4v) is 3.19. The van der Waals surface area contributed by atoms with E-state index >= 15 is 0 Å². The highest BCUT2D eigenvalue weighted by atomic mass is 79.9. The van der Waals surface area contributed by atoms with Crippen molar-refractivity contribution in [3.05, 3.63) is 46.3 Å². The molecule has 2 aromatic heterocycles. The van der Waals surface area contributed by atoms with Gasteiger partial charge in [0.2, 0.25) is 0 Å². The normalized spacial score (nSPS) is 10.4. The Morgan fingerprint density at radius 1 is 1.22 bits per heavy atom. The molecule has 2 amide bonds. The Morgan fingerprint density at radius 2 is 2.00 bits per heavy atom. The fourth-order valence-electron chi connectivity index (χ4n) is 2.09. The van der Waals surface area contributed by atoms with Crippen molar-refractivity contribution in [1.29, 1.82) is 0 Å². The zero-order valence-corrected chi connectivity index (χ0v) is 16.1. The average molecular weight is 452 g/mol. The number of hydrogen-bond donors (Lipinski definition) is 4. The Hall–Kier alpha value is -2.92. The third-order valence-corrected chi connectivity index (χ3v) is 4.66. The fraction of sp³-hybridized carbons (Fsp3) is 0.125. The van der Waals surface area contributed by atoms with Crippen molar-refractivity contribution in [1.82, 2.24) is 20.3 Å². The van der Waals surface area contributed by atoms with Crippen LogP contribution < -0.4 is 15.4 Å². The van der Waals surface area contributed by atoms with E-state index in [1.54, 1.807) is 36.7 Å². The van der Waals surface area contributed by atoms with Crippen molar-refractivity contribution in [2.45, 2.75) is 6.54 Å². The second kappa shape index (κ2) is 8.64. The minimum absolute atomic E-state index is 0.220. The van der Waals surface area contributed by atoms with Crippen LogP contribution in [0.3, 0.4) is 0 Å². The van der Waals surface area contributed by atoms with E-state index in [4.69, 9.17) is 9.84 Å². The van der Waals surface area contributed by atoms with E-state index in [2.05, 4.69) is 41.5 Å². The number of benzene rings is 1. The van der Waals surface area contributed by atoms with Gasteiger partial charge in [0, 0.05) is 0 Å². The number of anilines is 1. The maximum atomic E-state index is 11.9. The van der Waals surface area contributed by atoms with Gasteiger partial charge in [-0.3, -0.25) is 5.32 Å². The molecular formula is C16H14BrN5O4S. The highest BCUT2D eigenvalue weighted by molar-refractivity contribution is 9.11. The molecule has 3 aromatic rings. The molecule has 0 bridgehead atoms. The second-order valence-corrected chi connectivity index (χ2v) is 7.64. The van der Waals surface area contributed by atoms with E-state index in [0.29, 0.717) is 16.7 Å². The minimum Gasteiger partial charge on any atom is -0.482 e. The average Bonchev–Trinajstić information content (AvgIpc) is 3.28. The van der Waals surface area contributed by atoms with E-state index in [9.17, 15) is 9.59 Å². The summed E-state index contributed by atoms with van der Waals surface area (Å²) >= 11 is 4.59. The number of aliphatic carboxylic acids is 1. The van der Waals surface area contributed by atoms with Crippen LogP contribution in [0.1, 0.15) is 5.82 Å². The van der Waals surface area contributed by atoms with Crippen molar-refractivity contribution in [2.24, 2.45) is 0 Å². The van der Waals surface area contributed by atoms with Crippen molar-refractivity contribution < 1.29 is 19.4 Å². The van der Waals surface area contributed by atoms with E-state index in [1.165, 1.54) is 11.3 Å². The maximum absolute atomic E-state index is 11.9. The second-order valence-electron chi connectivity index (χ2n) is 5.23. The monoisotopic (exact) mass is 451 g/mol. The summed E-state index contributed by atoms with van der Waals surface area (Å²) in [5, 5.41) is 14.4. The summed E-state index contributed by atoms with van der Waals surface area (Å²) in [4.78, 5) is 33.7. The van der Waals surface area contributed by atoms with Crippen molar-refractivity contribution >= 4 is 44.4 Å². The summed E-state index contributed by atoms with van der Waals surface area (Å²) in [6, 6.07) is 6.55. The molecule has 0 fully saturated rings. The lowest BCUT2D eigenvalue weighted by Gasteiger charge is -2.04. The number of hydrogen-bond acceptors (Lipinski definition) is 6. The Morgan fingerprint density at radius 3 is 2.67 bits per heavy atom. The lowest BCUT2D eigenvalue weighted by atomic mass is 10.2. The first-order chi connectivity index (χ1) is 13.0. The van der Waals surface area contributed by atoms with E-state index < -0.39 is 5.97 Å². The van der Waals surface area contributed by atoms with Gasteiger partial charge >= 0.3 is 12.0 Å². The van der Waals surface area contributed by atoms with E-state index in [-0.39, 0.29) is 19.2 Å². The van der Waals surface area contributed by atoms with Crippen LogP contribution in [0.2, 0.25) is 0 Å². The van der Waals surface area contributed by atoms with Crippen LogP contribution in [-0.2, 0) is 11.3 Å². The number of carbonyl (C=O) groups is 2. The van der Waals surface area contributed by atoms with Crippen LogP contribution >= 0.6 is 27.3 Å². The molecule has 1 aromatic carbocycles. The predicted molar refractivity (Wildman–Crippen MR) is 103 cm³/mol. The molecule has 0 saturated heterocycles. The number of carboxylic acid groups (broad SMARTS) is 1. The molecule has 0 atom stereocenters. The van der Waals surface area contributed by atoms with Crippen LogP contribution in [0.25, 0.3) is 11.3 Å².